The topological polar surface area (TPSA) is 69.4 Å². The van der Waals surface area contributed by atoms with Gasteiger partial charge < -0.3 is 10.5 Å². The van der Waals surface area contributed by atoms with Gasteiger partial charge in [-0.25, -0.2) is 9.59 Å². The van der Waals surface area contributed by atoms with Gasteiger partial charge in [-0.3, -0.25) is 0 Å². The Morgan fingerprint density at radius 1 is 0.615 bits per heavy atom. The number of ether oxygens (including phenoxy) is 1. The van der Waals surface area contributed by atoms with E-state index in [1.807, 2.05) is 0 Å². The first-order chi connectivity index (χ1) is 12.7. The summed E-state index contributed by atoms with van der Waals surface area (Å²) in [6, 6.07) is 0. The molecule has 0 unspecified atom stereocenters. The number of rotatable bonds is 16. The van der Waals surface area contributed by atoms with Crippen molar-refractivity contribution in [3.8, 4) is 0 Å². The highest BCUT2D eigenvalue weighted by molar-refractivity contribution is 6.04. The molecule has 4 nitrogen and oxygen atoms in total. The predicted octanol–water partition coefficient (Wildman–Crippen LogP) is 5.83. The molecule has 4 heteroatoms. The van der Waals surface area contributed by atoms with Crippen LogP contribution < -0.4 is 5.73 Å². The summed E-state index contributed by atoms with van der Waals surface area (Å²) in [6.07, 6.45) is 25.0. The van der Waals surface area contributed by atoms with Gasteiger partial charge in [0.2, 0.25) is 0 Å². The van der Waals surface area contributed by atoms with Gasteiger partial charge in [0.15, 0.2) is 0 Å². The largest absolute Gasteiger partial charge is 0.387 e. The van der Waals surface area contributed by atoms with Gasteiger partial charge in [0.1, 0.15) is 0 Å². The van der Waals surface area contributed by atoms with Gasteiger partial charge in [-0.15, -0.1) is 0 Å². The highest BCUT2D eigenvalue weighted by atomic mass is 16.6. The van der Waals surface area contributed by atoms with Crippen LogP contribution >= 0.6 is 0 Å². The molecule has 0 atom stereocenters. The first kappa shape index (κ1) is 24.8. The number of cyclic esters (lactones) is 2. The lowest BCUT2D eigenvalue weighted by atomic mass is 10.0. The van der Waals surface area contributed by atoms with E-state index in [0.29, 0.717) is 0 Å². The molecule has 1 aliphatic rings. The maximum atomic E-state index is 9.92. The lowest BCUT2D eigenvalue weighted by Crippen LogP contribution is -1.97. The first-order valence-electron chi connectivity index (χ1n) is 10.8. The Balaban J connectivity index is 0.000000735. The molecule has 152 valence electrons. The molecule has 0 saturated carbocycles. The van der Waals surface area contributed by atoms with E-state index in [1.165, 1.54) is 103 Å². The average Bonchev–Trinajstić information content (AvgIpc) is 3.02. The Bertz CT molecular complexity index is 334. The van der Waals surface area contributed by atoms with Crippen LogP contribution in [-0.2, 0) is 14.3 Å². The van der Waals surface area contributed by atoms with Gasteiger partial charge in [-0.1, -0.05) is 103 Å². The van der Waals surface area contributed by atoms with Crippen molar-refractivity contribution in [1.82, 2.24) is 0 Å². The number of unbranched alkanes of at least 4 members (excludes halogenated alkanes) is 15. The molecular formula is C22H41NO3. The molecule has 1 heterocycles. The molecule has 0 fully saturated rings. The zero-order chi connectivity index (χ0) is 19.3. The van der Waals surface area contributed by atoms with E-state index in [9.17, 15) is 9.59 Å². The van der Waals surface area contributed by atoms with Crippen molar-refractivity contribution in [2.45, 2.75) is 110 Å². The minimum atomic E-state index is -0.579. The second-order valence-corrected chi connectivity index (χ2v) is 7.17. The van der Waals surface area contributed by atoms with Crippen LogP contribution in [0.15, 0.2) is 12.2 Å². The van der Waals surface area contributed by atoms with Gasteiger partial charge in [0.05, 0.1) is 0 Å². The van der Waals surface area contributed by atoms with E-state index >= 15 is 0 Å². The van der Waals surface area contributed by atoms with Crippen molar-refractivity contribution in [3.63, 3.8) is 0 Å². The highest BCUT2D eigenvalue weighted by Crippen LogP contribution is 2.13. The van der Waals surface area contributed by atoms with Crippen LogP contribution in [0.3, 0.4) is 0 Å². The molecule has 0 saturated heterocycles. The summed E-state index contributed by atoms with van der Waals surface area (Å²) >= 11 is 0. The number of hydrogen-bond acceptors (Lipinski definition) is 4. The molecule has 0 aliphatic carbocycles. The summed E-state index contributed by atoms with van der Waals surface area (Å²) in [5.41, 5.74) is 5.48. The van der Waals surface area contributed by atoms with Crippen molar-refractivity contribution in [1.29, 1.82) is 0 Å². The van der Waals surface area contributed by atoms with Crippen molar-refractivity contribution < 1.29 is 14.3 Å². The Kier molecular flexibility index (Phi) is 19.3. The van der Waals surface area contributed by atoms with Gasteiger partial charge >= 0.3 is 11.9 Å². The number of carbonyl (C=O) groups is 2. The second kappa shape index (κ2) is 20.2. The van der Waals surface area contributed by atoms with Gasteiger partial charge in [-0.05, 0) is 13.0 Å². The molecule has 2 N–H and O–H groups in total. The molecule has 0 aromatic rings. The minimum Gasteiger partial charge on any atom is -0.387 e. The maximum absolute atomic E-state index is 9.92. The first-order valence-corrected chi connectivity index (χ1v) is 10.8. The van der Waals surface area contributed by atoms with E-state index < -0.39 is 11.9 Å². The van der Waals surface area contributed by atoms with E-state index in [2.05, 4.69) is 11.7 Å². The quantitative estimate of drug-likeness (QED) is 0.211. The smallest absolute Gasteiger partial charge is 0.338 e. The molecule has 0 radical (unpaired) electrons. The molecule has 0 bridgehead atoms. The van der Waals surface area contributed by atoms with Crippen LogP contribution in [-0.4, -0.2) is 18.5 Å². The second-order valence-electron chi connectivity index (χ2n) is 7.17. The molecule has 26 heavy (non-hydrogen) atoms. The number of carbonyl (C=O) groups excluding carboxylic acids is 2. The zero-order valence-corrected chi connectivity index (χ0v) is 17.0. The Hall–Kier alpha value is -1.16. The third kappa shape index (κ3) is 19.2. The third-order valence-electron chi connectivity index (χ3n) is 4.61. The maximum Gasteiger partial charge on any atom is 0.338 e. The van der Waals surface area contributed by atoms with Gasteiger partial charge in [0.25, 0.3) is 0 Å². The lowest BCUT2D eigenvalue weighted by molar-refractivity contribution is -0.150. The normalized spacial score (nSPS) is 12.8. The van der Waals surface area contributed by atoms with Crippen molar-refractivity contribution in [2.24, 2.45) is 5.73 Å². The van der Waals surface area contributed by atoms with Crippen molar-refractivity contribution in [3.05, 3.63) is 12.2 Å². The highest BCUT2D eigenvalue weighted by Gasteiger charge is 2.10. The molecular weight excluding hydrogens is 326 g/mol. The number of esters is 2. The lowest BCUT2D eigenvalue weighted by Gasteiger charge is -2.03. The van der Waals surface area contributed by atoms with Crippen LogP contribution in [0.25, 0.3) is 0 Å². The van der Waals surface area contributed by atoms with Crippen LogP contribution in [0.5, 0.6) is 0 Å². The average molecular weight is 368 g/mol. The molecule has 0 spiro atoms. The fraction of sp³-hybridized carbons (Fsp3) is 0.818. The Morgan fingerprint density at radius 3 is 1.15 bits per heavy atom. The van der Waals surface area contributed by atoms with Gasteiger partial charge in [0, 0.05) is 12.2 Å². The van der Waals surface area contributed by atoms with Crippen LogP contribution in [0, 0.1) is 0 Å². The summed E-state index contributed by atoms with van der Waals surface area (Å²) in [6.45, 7) is 3.16. The SMILES string of the molecule is CCCCCCCCCCCCCCCCCCN.O=C1C=CC(=O)O1. The van der Waals surface area contributed by atoms with E-state index in [-0.39, 0.29) is 0 Å². The van der Waals surface area contributed by atoms with Crippen molar-refractivity contribution >= 4 is 11.9 Å². The van der Waals surface area contributed by atoms with Crippen LogP contribution in [0.4, 0.5) is 0 Å². The number of hydrogen-bond donors (Lipinski definition) is 1. The standard InChI is InChI=1S/C18H39N.C4H2O3/c1-2-3-4-5-6-7-8-9-10-11-12-13-14-15-16-17-18-19;5-3-1-2-4(6)7-3/h2-19H2,1H3;1-2H. The van der Waals surface area contributed by atoms with E-state index in [0.717, 1.165) is 18.7 Å². The van der Waals surface area contributed by atoms with Crippen molar-refractivity contribution in [2.75, 3.05) is 6.54 Å². The molecule has 0 aromatic heterocycles. The summed E-state index contributed by atoms with van der Waals surface area (Å²) in [5, 5.41) is 0. The fourth-order valence-electron chi connectivity index (χ4n) is 3.00. The van der Waals surface area contributed by atoms with Gasteiger partial charge in [-0.2, -0.15) is 0 Å². The summed E-state index contributed by atoms with van der Waals surface area (Å²) in [4.78, 5) is 19.8. The summed E-state index contributed by atoms with van der Waals surface area (Å²) in [7, 11) is 0. The monoisotopic (exact) mass is 367 g/mol. The fourth-order valence-corrected chi connectivity index (χ4v) is 3.00. The number of nitrogens with two attached hydrogens (primary N) is 1. The third-order valence-corrected chi connectivity index (χ3v) is 4.61. The minimum absolute atomic E-state index is 0.579. The van der Waals surface area contributed by atoms with Crippen LogP contribution in [0.2, 0.25) is 0 Å². The molecule has 0 amide bonds. The zero-order valence-electron chi connectivity index (χ0n) is 17.0. The summed E-state index contributed by atoms with van der Waals surface area (Å²) < 4.78 is 3.97. The summed E-state index contributed by atoms with van der Waals surface area (Å²) in [5.74, 6) is -1.16. The van der Waals surface area contributed by atoms with E-state index in [1.54, 1.807) is 0 Å². The molecule has 1 rings (SSSR count). The van der Waals surface area contributed by atoms with Crippen LogP contribution in [0.1, 0.15) is 110 Å². The van der Waals surface area contributed by atoms with E-state index in [4.69, 9.17) is 5.73 Å². The Morgan fingerprint density at radius 2 is 0.923 bits per heavy atom. The molecule has 0 aromatic carbocycles. The molecule has 1 aliphatic heterocycles. The Labute approximate surface area is 160 Å². The predicted molar refractivity (Wildman–Crippen MR) is 109 cm³/mol.